The maximum absolute atomic E-state index is 13.2. The quantitative estimate of drug-likeness (QED) is 0.346. The van der Waals surface area contributed by atoms with Crippen LogP contribution < -0.4 is 0 Å². The van der Waals surface area contributed by atoms with Gasteiger partial charge in [-0.2, -0.15) is 0 Å². The number of esters is 1. The monoisotopic (exact) mass is 382 g/mol. The van der Waals surface area contributed by atoms with Gasteiger partial charge in [-0.3, -0.25) is 9.59 Å². The van der Waals surface area contributed by atoms with Gasteiger partial charge in [0, 0.05) is 11.3 Å². The molecule has 0 aromatic carbocycles. The Kier molecular flexibility index (Phi) is 9.47. The fourth-order valence-electron chi connectivity index (χ4n) is 3.99. The highest BCUT2D eigenvalue weighted by Gasteiger charge is 2.44. The SMILES string of the molecule is CCC(C)(CC)OCCOC(=O)C1CC(C)CCC1C(=O)C(C)(CC)CC. The lowest BCUT2D eigenvalue weighted by molar-refractivity contribution is -0.160. The lowest BCUT2D eigenvalue weighted by Crippen LogP contribution is -2.42. The number of carbonyl (C=O) groups excluding carboxylic acids is 2. The van der Waals surface area contributed by atoms with Gasteiger partial charge in [-0.1, -0.05) is 41.5 Å². The Bertz CT molecular complexity index is 477. The van der Waals surface area contributed by atoms with E-state index in [-0.39, 0.29) is 41.2 Å². The first-order chi connectivity index (χ1) is 12.7. The molecule has 0 bridgehead atoms. The topological polar surface area (TPSA) is 52.6 Å². The molecule has 158 valence electrons. The minimum absolute atomic E-state index is 0.158. The average molecular weight is 383 g/mol. The molecule has 4 nitrogen and oxygen atoms in total. The van der Waals surface area contributed by atoms with Crippen molar-refractivity contribution in [2.45, 2.75) is 99.0 Å². The van der Waals surface area contributed by atoms with Crippen molar-refractivity contribution in [1.29, 1.82) is 0 Å². The van der Waals surface area contributed by atoms with Crippen molar-refractivity contribution < 1.29 is 19.1 Å². The van der Waals surface area contributed by atoms with Gasteiger partial charge in [-0.05, 0) is 57.8 Å². The van der Waals surface area contributed by atoms with Crippen molar-refractivity contribution in [3.05, 3.63) is 0 Å². The van der Waals surface area contributed by atoms with E-state index < -0.39 is 0 Å². The predicted molar refractivity (Wildman–Crippen MR) is 110 cm³/mol. The van der Waals surface area contributed by atoms with Crippen LogP contribution in [-0.2, 0) is 19.1 Å². The van der Waals surface area contributed by atoms with Crippen molar-refractivity contribution in [1.82, 2.24) is 0 Å². The summed E-state index contributed by atoms with van der Waals surface area (Å²) in [5, 5.41) is 0. The van der Waals surface area contributed by atoms with Gasteiger partial charge in [0.15, 0.2) is 0 Å². The number of hydrogen-bond acceptors (Lipinski definition) is 4. The van der Waals surface area contributed by atoms with E-state index in [1.807, 2.05) is 6.92 Å². The van der Waals surface area contributed by atoms with E-state index in [9.17, 15) is 9.59 Å². The third kappa shape index (κ3) is 6.30. The second kappa shape index (κ2) is 10.6. The average Bonchev–Trinajstić information content (AvgIpc) is 2.69. The summed E-state index contributed by atoms with van der Waals surface area (Å²) in [4.78, 5) is 26.0. The summed E-state index contributed by atoms with van der Waals surface area (Å²) >= 11 is 0. The summed E-state index contributed by atoms with van der Waals surface area (Å²) in [5.74, 6) is -0.00536. The minimum Gasteiger partial charge on any atom is -0.463 e. The van der Waals surface area contributed by atoms with Gasteiger partial charge in [0.1, 0.15) is 12.4 Å². The van der Waals surface area contributed by atoms with Crippen LogP contribution in [-0.4, -0.2) is 30.6 Å². The van der Waals surface area contributed by atoms with Crippen molar-refractivity contribution >= 4 is 11.8 Å². The van der Waals surface area contributed by atoms with Crippen LogP contribution in [0.3, 0.4) is 0 Å². The summed E-state index contributed by atoms with van der Waals surface area (Å²) in [6.45, 7) is 15.3. The van der Waals surface area contributed by atoms with Crippen molar-refractivity contribution in [3.63, 3.8) is 0 Å². The zero-order valence-electron chi connectivity index (χ0n) is 18.7. The summed E-state index contributed by atoms with van der Waals surface area (Å²) < 4.78 is 11.5. The smallest absolute Gasteiger partial charge is 0.309 e. The Morgan fingerprint density at radius 2 is 1.48 bits per heavy atom. The van der Waals surface area contributed by atoms with Gasteiger partial charge in [-0.15, -0.1) is 0 Å². The van der Waals surface area contributed by atoms with Crippen LogP contribution in [0.5, 0.6) is 0 Å². The van der Waals surface area contributed by atoms with Crippen LogP contribution >= 0.6 is 0 Å². The molecule has 0 aromatic heterocycles. The Labute approximate surface area is 166 Å². The maximum Gasteiger partial charge on any atom is 0.309 e. The molecule has 3 atom stereocenters. The molecule has 0 spiro atoms. The van der Waals surface area contributed by atoms with Gasteiger partial charge in [0.25, 0.3) is 0 Å². The molecule has 0 amide bonds. The van der Waals surface area contributed by atoms with Crippen molar-refractivity contribution in [3.8, 4) is 0 Å². The molecule has 1 aliphatic rings. The molecule has 0 radical (unpaired) electrons. The summed E-state index contributed by atoms with van der Waals surface area (Å²) in [6, 6.07) is 0. The predicted octanol–water partition coefficient (Wildman–Crippen LogP) is 5.57. The van der Waals surface area contributed by atoms with Crippen molar-refractivity contribution in [2.24, 2.45) is 23.2 Å². The van der Waals surface area contributed by atoms with Crippen LogP contribution in [0.4, 0.5) is 0 Å². The molecule has 0 saturated heterocycles. The van der Waals surface area contributed by atoms with E-state index in [1.165, 1.54) is 0 Å². The molecule has 1 rings (SSSR count). The normalized spacial score (nSPS) is 23.9. The van der Waals surface area contributed by atoms with Crippen molar-refractivity contribution in [2.75, 3.05) is 13.2 Å². The van der Waals surface area contributed by atoms with Gasteiger partial charge in [-0.25, -0.2) is 0 Å². The molecular formula is C23H42O4. The minimum atomic E-state index is -0.336. The Morgan fingerprint density at radius 1 is 0.889 bits per heavy atom. The largest absolute Gasteiger partial charge is 0.463 e. The van der Waals surface area contributed by atoms with E-state index in [2.05, 4.69) is 41.5 Å². The fourth-order valence-corrected chi connectivity index (χ4v) is 3.99. The van der Waals surface area contributed by atoms with Crippen LogP contribution in [0.15, 0.2) is 0 Å². The number of ether oxygens (including phenoxy) is 2. The maximum atomic E-state index is 13.2. The van der Waals surface area contributed by atoms with E-state index in [0.29, 0.717) is 12.5 Å². The standard InChI is InChI=1S/C23H42O4/c1-8-22(6,9-2)20(24)18-13-12-17(5)16-19(18)21(25)26-14-15-27-23(7,10-3)11-4/h17-19H,8-16H2,1-7H3. The number of hydrogen-bond donors (Lipinski definition) is 0. The number of ketones is 1. The third-order valence-electron chi connectivity index (χ3n) is 7.18. The van der Waals surface area contributed by atoms with E-state index in [4.69, 9.17) is 9.47 Å². The second-order valence-corrected chi connectivity index (χ2v) is 8.94. The first-order valence-corrected chi connectivity index (χ1v) is 11.0. The Morgan fingerprint density at radius 3 is 2.00 bits per heavy atom. The lowest BCUT2D eigenvalue weighted by atomic mass is 9.65. The lowest BCUT2D eigenvalue weighted by Gasteiger charge is -2.37. The zero-order valence-corrected chi connectivity index (χ0v) is 18.7. The van der Waals surface area contributed by atoms with Crippen LogP contribution in [0.25, 0.3) is 0 Å². The molecule has 0 aliphatic heterocycles. The molecule has 1 saturated carbocycles. The summed E-state index contributed by atoms with van der Waals surface area (Å²) in [6.07, 6.45) is 6.06. The number of carbonyl (C=O) groups is 2. The van der Waals surface area contributed by atoms with Gasteiger partial charge in [0.05, 0.1) is 18.1 Å². The highest BCUT2D eigenvalue weighted by molar-refractivity contribution is 5.91. The van der Waals surface area contributed by atoms with Gasteiger partial charge < -0.3 is 9.47 Å². The first kappa shape index (κ1) is 24.1. The van der Waals surface area contributed by atoms with E-state index >= 15 is 0 Å². The number of Topliss-reactive ketones (excluding diaryl/α,β-unsaturated/α-hetero) is 1. The highest BCUT2D eigenvalue weighted by atomic mass is 16.6. The zero-order chi connectivity index (χ0) is 20.7. The fraction of sp³-hybridized carbons (Fsp3) is 0.913. The Balaban J connectivity index is 2.71. The number of rotatable bonds is 11. The van der Waals surface area contributed by atoms with Crippen LogP contribution in [0.1, 0.15) is 93.4 Å². The van der Waals surface area contributed by atoms with Gasteiger partial charge >= 0.3 is 5.97 Å². The third-order valence-corrected chi connectivity index (χ3v) is 7.18. The molecule has 0 heterocycles. The van der Waals surface area contributed by atoms with Crippen LogP contribution in [0.2, 0.25) is 0 Å². The van der Waals surface area contributed by atoms with Gasteiger partial charge in [0.2, 0.25) is 0 Å². The first-order valence-electron chi connectivity index (χ1n) is 11.0. The molecular weight excluding hydrogens is 340 g/mol. The molecule has 4 heteroatoms. The summed E-state index contributed by atoms with van der Waals surface area (Å²) in [5.41, 5.74) is -0.495. The molecule has 1 fully saturated rings. The molecule has 3 unspecified atom stereocenters. The molecule has 0 N–H and O–H groups in total. The van der Waals surface area contributed by atoms with Crippen LogP contribution in [0, 0.1) is 23.2 Å². The molecule has 1 aliphatic carbocycles. The van der Waals surface area contributed by atoms with E-state index in [0.717, 1.165) is 44.9 Å². The molecule has 0 aromatic rings. The summed E-state index contributed by atoms with van der Waals surface area (Å²) in [7, 11) is 0. The molecule has 27 heavy (non-hydrogen) atoms. The highest BCUT2D eigenvalue weighted by Crippen LogP contribution is 2.41. The Hall–Kier alpha value is -0.900. The second-order valence-electron chi connectivity index (χ2n) is 8.94. The van der Waals surface area contributed by atoms with E-state index in [1.54, 1.807) is 0 Å².